The molecule has 0 saturated carbocycles. The molecule has 14 heavy (non-hydrogen) atoms. The summed E-state index contributed by atoms with van der Waals surface area (Å²) in [5.74, 6) is -0.0996. The van der Waals surface area contributed by atoms with Crippen molar-refractivity contribution < 1.29 is 4.39 Å². The Morgan fingerprint density at radius 3 is 2.86 bits per heavy atom. The topological polar surface area (TPSA) is 12.0 Å². The Labute approximate surface area is 84.3 Å². The van der Waals surface area contributed by atoms with Crippen molar-refractivity contribution in [2.24, 2.45) is 0 Å². The van der Waals surface area contributed by atoms with Gasteiger partial charge in [-0.05, 0) is 50.4 Å². The lowest BCUT2D eigenvalue weighted by Crippen LogP contribution is -2.34. The van der Waals surface area contributed by atoms with Gasteiger partial charge in [0.05, 0.1) is 0 Å². The van der Waals surface area contributed by atoms with Gasteiger partial charge in [-0.1, -0.05) is 12.1 Å². The van der Waals surface area contributed by atoms with Crippen LogP contribution in [0, 0.1) is 12.7 Å². The lowest BCUT2D eigenvalue weighted by Gasteiger charge is -2.27. The van der Waals surface area contributed by atoms with Crippen molar-refractivity contribution >= 4 is 0 Å². The predicted molar refractivity (Wildman–Crippen MR) is 55.7 cm³/mol. The van der Waals surface area contributed by atoms with Crippen LogP contribution in [0.1, 0.15) is 30.9 Å². The third-order valence-electron chi connectivity index (χ3n) is 3.23. The van der Waals surface area contributed by atoms with Gasteiger partial charge in [0.1, 0.15) is 5.82 Å². The molecule has 1 fully saturated rings. The highest BCUT2D eigenvalue weighted by atomic mass is 19.1. The first kappa shape index (κ1) is 9.66. The van der Waals surface area contributed by atoms with Gasteiger partial charge in [-0.25, -0.2) is 4.39 Å². The molecule has 0 aliphatic carbocycles. The molecule has 1 heterocycles. The van der Waals surface area contributed by atoms with Crippen LogP contribution < -0.4 is 5.32 Å². The maximum absolute atomic E-state index is 13.4. The average molecular weight is 193 g/mol. The Balaban J connectivity index is 2.45. The minimum absolute atomic E-state index is 0.0216. The van der Waals surface area contributed by atoms with Crippen molar-refractivity contribution in [1.29, 1.82) is 0 Å². The highest BCUT2D eigenvalue weighted by molar-refractivity contribution is 5.34. The molecule has 1 N–H and O–H groups in total. The number of halogens is 1. The van der Waals surface area contributed by atoms with Gasteiger partial charge in [-0.2, -0.15) is 0 Å². The Morgan fingerprint density at radius 1 is 1.43 bits per heavy atom. The van der Waals surface area contributed by atoms with Gasteiger partial charge in [-0.15, -0.1) is 0 Å². The normalized spacial score (nSPS) is 26.8. The van der Waals surface area contributed by atoms with Crippen LogP contribution in [0.25, 0.3) is 0 Å². The lowest BCUT2D eigenvalue weighted by molar-refractivity contribution is 0.428. The largest absolute Gasteiger partial charge is 0.308 e. The van der Waals surface area contributed by atoms with E-state index in [-0.39, 0.29) is 11.4 Å². The van der Waals surface area contributed by atoms with Crippen LogP contribution in [0.5, 0.6) is 0 Å². The zero-order valence-corrected chi connectivity index (χ0v) is 8.73. The van der Waals surface area contributed by atoms with Gasteiger partial charge in [-0.3, -0.25) is 0 Å². The summed E-state index contributed by atoms with van der Waals surface area (Å²) in [5, 5.41) is 3.45. The summed E-state index contributed by atoms with van der Waals surface area (Å²) in [5.41, 5.74) is 1.87. The van der Waals surface area contributed by atoms with Crippen LogP contribution in [-0.2, 0) is 5.54 Å². The van der Waals surface area contributed by atoms with Crippen molar-refractivity contribution in [2.45, 2.75) is 32.2 Å². The second-order valence-corrected chi connectivity index (χ2v) is 4.27. The summed E-state index contributed by atoms with van der Waals surface area (Å²) in [6, 6.07) is 5.34. The van der Waals surface area contributed by atoms with Crippen molar-refractivity contribution in [1.82, 2.24) is 5.32 Å². The minimum Gasteiger partial charge on any atom is -0.308 e. The van der Waals surface area contributed by atoms with E-state index in [4.69, 9.17) is 0 Å². The zero-order chi connectivity index (χ0) is 10.2. The number of hydrogen-bond donors (Lipinski definition) is 1. The van der Waals surface area contributed by atoms with E-state index < -0.39 is 0 Å². The first-order chi connectivity index (χ1) is 6.63. The molecule has 1 atom stereocenters. The second-order valence-electron chi connectivity index (χ2n) is 4.27. The molecule has 0 bridgehead atoms. The average Bonchev–Trinajstić information content (AvgIpc) is 2.58. The lowest BCUT2D eigenvalue weighted by atomic mass is 9.87. The van der Waals surface area contributed by atoms with Gasteiger partial charge in [0.2, 0.25) is 0 Å². The van der Waals surface area contributed by atoms with E-state index in [1.165, 1.54) is 12.5 Å². The first-order valence-corrected chi connectivity index (χ1v) is 5.14. The highest BCUT2D eigenvalue weighted by Gasteiger charge is 2.31. The van der Waals surface area contributed by atoms with Crippen molar-refractivity contribution in [3.8, 4) is 0 Å². The highest BCUT2D eigenvalue weighted by Crippen LogP contribution is 2.32. The predicted octanol–water partition coefficient (Wildman–Crippen LogP) is 2.73. The number of nitrogens with one attached hydrogen (secondary N) is 1. The van der Waals surface area contributed by atoms with Crippen LogP contribution in [0.4, 0.5) is 4.39 Å². The molecule has 2 rings (SSSR count). The van der Waals surface area contributed by atoms with E-state index in [0.29, 0.717) is 0 Å². The number of rotatable bonds is 1. The molecule has 0 aromatic heterocycles. The molecule has 76 valence electrons. The molecule has 1 unspecified atom stereocenters. The van der Waals surface area contributed by atoms with Crippen molar-refractivity contribution in [3.05, 3.63) is 35.1 Å². The van der Waals surface area contributed by atoms with Crippen LogP contribution in [0.15, 0.2) is 18.2 Å². The first-order valence-electron chi connectivity index (χ1n) is 5.14. The summed E-state index contributed by atoms with van der Waals surface area (Å²) in [7, 11) is 0. The Kier molecular flexibility index (Phi) is 2.31. The van der Waals surface area contributed by atoms with E-state index in [1.54, 1.807) is 6.07 Å². The zero-order valence-electron chi connectivity index (χ0n) is 8.73. The SMILES string of the molecule is Cc1c(F)cccc1C1(C)CCCN1. The molecule has 1 aromatic carbocycles. The third kappa shape index (κ3) is 1.44. The molecule has 1 nitrogen and oxygen atoms in total. The summed E-state index contributed by atoms with van der Waals surface area (Å²) >= 11 is 0. The fraction of sp³-hybridized carbons (Fsp3) is 0.500. The summed E-state index contributed by atoms with van der Waals surface area (Å²) in [6.45, 7) is 5.05. The molecule has 1 aromatic rings. The molecular weight excluding hydrogens is 177 g/mol. The van der Waals surface area contributed by atoms with E-state index in [9.17, 15) is 4.39 Å². The molecule has 1 aliphatic heterocycles. The molecule has 0 radical (unpaired) electrons. The number of benzene rings is 1. The van der Waals surface area contributed by atoms with Gasteiger partial charge in [0.25, 0.3) is 0 Å². The van der Waals surface area contributed by atoms with E-state index >= 15 is 0 Å². The number of hydrogen-bond acceptors (Lipinski definition) is 1. The maximum atomic E-state index is 13.4. The minimum atomic E-state index is -0.0996. The Bertz CT molecular complexity index is 340. The summed E-state index contributed by atoms with van der Waals surface area (Å²) < 4.78 is 13.4. The monoisotopic (exact) mass is 193 g/mol. The van der Waals surface area contributed by atoms with Gasteiger partial charge in [0.15, 0.2) is 0 Å². The molecular formula is C12H16FN. The fourth-order valence-corrected chi connectivity index (χ4v) is 2.33. The quantitative estimate of drug-likeness (QED) is 0.723. The molecule has 2 heteroatoms. The summed E-state index contributed by atoms with van der Waals surface area (Å²) in [4.78, 5) is 0. The molecule has 0 amide bonds. The van der Waals surface area contributed by atoms with Crippen LogP contribution in [0.3, 0.4) is 0 Å². The Morgan fingerprint density at radius 2 is 2.21 bits per heavy atom. The van der Waals surface area contributed by atoms with Crippen molar-refractivity contribution in [2.75, 3.05) is 6.54 Å². The van der Waals surface area contributed by atoms with Gasteiger partial charge in [0, 0.05) is 5.54 Å². The van der Waals surface area contributed by atoms with Crippen LogP contribution in [0.2, 0.25) is 0 Å². The molecule has 1 aliphatic rings. The molecule has 1 saturated heterocycles. The van der Waals surface area contributed by atoms with Crippen LogP contribution in [-0.4, -0.2) is 6.54 Å². The van der Waals surface area contributed by atoms with E-state index in [2.05, 4.69) is 12.2 Å². The smallest absolute Gasteiger partial charge is 0.126 e. The van der Waals surface area contributed by atoms with E-state index in [1.807, 2.05) is 13.0 Å². The van der Waals surface area contributed by atoms with Crippen molar-refractivity contribution in [3.63, 3.8) is 0 Å². The summed E-state index contributed by atoms with van der Waals surface area (Å²) in [6.07, 6.45) is 2.27. The van der Waals surface area contributed by atoms with Crippen LogP contribution >= 0.6 is 0 Å². The fourth-order valence-electron chi connectivity index (χ4n) is 2.33. The van der Waals surface area contributed by atoms with E-state index in [0.717, 1.165) is 24.1 Å². The second kappa shape index (κ2) is 3.35. The van der Waals surface area contributed by atoms with Gasteiger partial charge >= 0.3 is 0 Å². The molecule has 0 spiro atoms. The van der Waals surface area contributed by atoms with Gasteiger partial charge < -0.3 is 5.32 Å². The standard InChI is InChI=1S/C12H16FN/c1-9-10(5-3-6-11(9)13)12(2)7-4-8-14-12/h3,5-6,14H,4,7-8H2,1-2H3. The third-order valence-corrected chi connectivity index (χ3v) is 3.23. The Hall–Kier alpha value is -0.890. The maximum Gasteiger partial charge on any atom is 0.126 e.